The molecule has 1 atom stereocenters. The smallest absolute Gasteiger partial charge is 0.258 e. The molecule has 1 rings (SSSR count). The second-order valence-electron chi connectivity index (χ2n) is 2.13. The fourth-order valence-electron chi connectivity index (χ4n) is 0.654. The number of hydrogen-bond donors (Lipinski definition) is 0. The minimum absolute atomic E-state index is 0.234. The Kier molecular flexibility index (Phi) is 0.900. The largest absolute Gasteiger partial charge is 0.299 e. The highest BCUT2D eigenvalue weighted by Gasteiger charge is 2.59. The summed E-state index contributed by atoms with van der Waals surface area (Å²) < 4.78 is 23.7. The quantitative estimate of drug-likeness (QED) is 0.508. The summed E-state index contributed by atoms with van der Waals surface area (Å²) in [4.78, 5) is 10.1. The van der Waals surface area contributed by atoms with E-state index < -0.39 is 17.6 Å². The van der Waals surface area contributed by atoms with E-state index in [2.05, 4.69) is 0 Å². The molecule has 0 saturated heterocycles. The van der Waals surface area contributed by atoms with E-state index in [0.29, 0.717) is 0 Å². The maximum absolute atomic E-state index is 11.8. The van der Waals surface area contributed by atoms with Crippen LogP contribution in [-0.4, -0.2) is 11.7 Å². The fourth-order valence-corrected chi connectivity index (χ4v) is 0.654. The van der Waals surface area contributed by atoms with Crippen molar-refractivity contribution in [1.29, 1.82) is 0 Å². The molecule has 0 aromatic heterocycles. The Morgan fingerprint density at radius 2 is 2.12 bits per heavy atom. The molecular weight excluding hydrogens is 114 g/mol. The van der Waals surface area contributed by atoms with Crippen molar-refractivity contribution in [3.8, 4) is 0 Å². The van der Waals surface area contributed by atoms with Crippen molar-refractivity contribution in [1.82, 2.24) is 0 Å². The Labute approximate surface area is 45.7 Å². The topological polar surface area (TPSA) is 17.1 Å². The van der Waals surface area contributed by atoms with Gasteiger partial charge in [0.05, 0.1) is 5.92 Å². The van der Waals surface area contributed by atoms with Crippen LogP contribution in [0.4, 0.5) is 8.78 Å². The molecule has 1 fully saturated rings. The molecule has 8 heavy (non-hydrogen) atoms. The Morgan fingerprint density at radius 1 is 1.75 bits per heavy atom. The van der Waals surface area contributed by atoms with Crippen molar-refractivity contribution in [2.24, 2.45) is 5.92 Å². The Bertz CT molecular complexity index is 130. The molecule has 1 nitrogen and oxygen atoms in total. The summed E-state index contributed by atoms with van der Waals surface area (Å²) >= 11 is 0. The third kappa shape index (κ3) is 0.723. The van der Waals surface area contributed by atoms with Gasteiger partial charge in [-0.25, -0.2) is 8.78 Å². The zero-order valence-corrected chi connectivity index (χ0v) is 4.45. The Balaban J connectivity index is 2.48. The van der Waals surface area contributed by atoms with Crippen LogP contribution >= 0.6 is 0 Å². The first-order valence-corrected chi connectivity index (χ1v) is 2.42. The van der Waals surface area contributed by atoms with Crippen molar-refractivity contribution in [2.75, 3.05) is 0 Å². The first kappa shape index (κ1) is 5.66. The van der Waals surface area contributed by atoms with E-state index in [-0.39, 0.29) is 6.42 Å². The SMILES string of the molecule is CC(=O)C1CC1(F)F. The van der Waals surface area contributed by atoms with Crippen molar-refractivity contribution in [2.45, 2.75) is 19.3 Å². The van der Waals surface area contributed by atoms with Crippen LogP contribution in [0.5, 0.6) is 0 Å². The third-order valence-electron chi connectivity index (χ3n) is 1.32. The standard InChI is InChI=1S/C5H6F2O/c1-3(8)4-2-5(4,6)7/h4H,2H2,1H3. The molecule has 0 aliphatic heterocycles. The Morgan fingerprint density at radius 3 is 2.12 bits per heavy atom. The van der Waals surface area contributed by atoms with Crippen LogP contribution in [0, 0.1) is 5.92 Å². The van der Waals surface area contributed by atoms with E-state index in [4.69, 9.17) is 0 Å². The summed E-state index contributed by atoms with van der Waals surface area (Å²) in [5, 5.41) is 0. The lowest BCUT2D eigenvalue weighted by Crippen LogP contribution is -2.01. The number of rotatable bonds is 1. The number of halogens is 2. The maximum atomic E-state index is 11.8. The zero-order chi connectivity index (χ0) is 6.36. The zero-order valence-electron chi connectivity index (χ0n) is 4.45. The molecule has 1 saturated carbocycles. The van der Waals surface area contributed by atoms with Crippen molar-refractivity contribution >= 4 is 5.78 Å². The van der Waals surface area contributed by atoms with Gasteiger partial charge in [-0.3, -0.25) is 4.79 Å². The maximum Gasteiger partial charge on any atom is 0.258 e. The number of hydrogen-bond acceptors (Lipinski definition) is 1. The van der Waals surface area contributed by atoms with Crippen molar-refractivity contribution < 1.29 is 13.6 Å². The van der Waals surface area contributed by atoms with E-state index in [1.807, 2.05) is 0 Å². The number of ketones is 1. The molecule has 1 aliphatic rings. The third-order valence-corrected chi connectivity index (χ3v) is 1.32. The molecule has 0 aromatic carbocycles. The van der Waals surface area contributed by atoms with Gasteiger partial charge in [-0.15, -0.1) is 0 Å². The molecule has 0 heterocycles. The average molecular weight is 120 g/mol. The van der Waals surface area contributed by atoms with Crippen LogP contribution in [0.1, 0.15) is 13.3 Å². The van der Waals surface area contributed by atoms with E-state index in [1.54, 1.807) is 0 Å². The van der Waals surface area contributed by atoms with Gasteiger partial charge in [-0.1, -0.05) is 0 Å². The molecule has 0 N–H and O–H groups in total. The normalized spacial score (nSPS) is 32.1. The highest BCUT2D eigenvalue weighted by atomic mass is 19.3. The molecule has 0 spiro atoms. The second kappa shape index (κ2) is 1.27. The van der Waals surface area contributed by atoms with Crippen molar-refractivity contribution in [3.05, 3.63) is 0 Å². The van der Waals surface area contributed by atoms with Crippen LogP contribution in [0.2, 0.25) is 0 Å². The molecule has 0 bridgehead atoms. The lowest BCUT2D eigenvalue weighted by atomic mass is 10.3. The van der Waals surface area contributed by atoms with Crippen LogP contribution in [0.25, 0.3) is 0 Å². The fraction of sp³-hybridized carbons (Fsp3) is 0.800. The van der Waals surface area contributed by atoms with Gasteiger partial charge in [0.2, 0.25) is 0 Å². The minimum atomic E-state index is -2.66. The number of carbonyl (C=O) groups is 1. The molecule has 46 valence electrons. The highest BCUT2D eigenvalue weighted by Crippen LogP contribution is 2.48. The first-order chi connectivity index (χ1) is 3.54. The average Bonchev–Trinajstić information content (AvgIpc) is 2.13. The second-order valence-corrected chi connectivity index (χ2v) is 2.13. The lowest BCUT2D eigenvalue weighted by molar-refractivity contribution is -0.120. The van der Waals surface area contributed by atoms with Gasteiger partial charge >= 0.3 is 0 Å². The van der Waals surface area contributed by atoms with Gasteiger partial charge in [0.15, 0.2) is 0 Å². The number of Topliss-reactive ketones (excluding diaryl/α,β-unsaturated/α-hetero) is 1. The summed E-state index contributed by atoms with van der Waals surface area (Å²) in [6, 6.07) is 0. The van der Waals surface area contributed by atoms with Crippen molar-refractivity contribution in [3.63, 3.8) is 0 Å². The van der Waals surface area contributed by atoms with E-state index >= 15 is 0 Å². The van der Waals surface area contributed by atoms with E-state index in [1.165, 1.54) is 6.92 Å². The highest BCUT2D eigenvalue weighted by molar-refractivity contribution is 5.82. The van der Waals surface area contributed by atoms with Gasteiger partial charge in [0.1, 0.15) is 5.78 Å². The summed E-state index contributed by atoms with van der Waals surface area (Å²) in [5.41, 5.74) is 0. The van der Waals surface area contributed by atoms with Crippen LogP contribution < -0.4 is 0 Å². The summed E-state index contributed by atoms with van der Waals surface area (Å²) in [6.07, 6.45) is -0.234. The molecule has 3 heteroatoms. The summed E-state index contributed by atoms with van der Waals surface area (Å²) in [5.74, 6) is -4.01. The minimum Gasteiger partial charge on any atom is -0.299 e. The van der Waals surface area contributed by atoms with Gasteiger partial charge < -0.3 is 0 Å². The van der Waals surface area contributed by atoms with Gasteiger partial charge in [0.25, 0.3) is 5.92 Å². The number of alkyl halides is 2. The molecule has 1 aliphatic carbocycles. The lowest BCUT2D eigenvalue weighted by Gasteiger charge is -1.87. The predicted molar refractivity (Wildman–Crippen MR) is 23.7 cm³/mol. The van der Waals surface area contributed by atoms with Gasteiger partial charge in [-0.05, 0) is 6.92 Å². The predicted octanol–water partition coefficient (Wildman–Crippen LogP) is 1.23. The molecule has 0 radical (unpaired) electrons. The molecular formula is C5H6F2O. The van der Waals surface area contributed by atoms with Gasteiger partial charge in [0, 0.05) is 6.42 Å². The van der Waals surface area contributed by atoms with Gasteiger partial charge in [-0.2, -0.15) is 0 Å². The summed E-state index contributed by atoms with van der Waals surface area (Å²) in [6.45, 7) is 1.20. The first-order valence-electron chi connectivity index (χ1n) is 2.42. The monoisotopic (exact) mass is 120 g/mol. The van der Waals surface area contributed by atoms with Crippen LogP contribution in [-0.2, 0) is 4.79 Å². The molecule has 0 amide bonds. The summed E-state index contributed by atoms with van der Waals surface area (Å²) in [7, 11) is 0. The Hall–Kier alpha value is -0.470. The van der Waals surface area contributed by atoms with Crippen LogP contribution in [0.3, 0.4) is 0 Å². The molecule has 1 unspecified atom stereocenters. The van der Waals surface area contributed by atoms with E-state index in [0.717, 1.165) is 0 Å². The number of carbonyl (C=O) groups excluding carboxylic acids is 1. The molecule has 0 aromatic rings. The van der Waals surface area contributed by atoms with Crippen LogP contribution in [0.15, 0.2) is 0 Å². The van der Waals surface area contributed by atoms with E-state index in [9.17, 15) is 13.6 Å².